The van der Waals surface area contributed by atoms with Crippen molar-refractivity contribution in [3.63, 3.8) is 0 Å². The number of hydrogen-bond donors (Lipinski definition) is 2. The maximum Gasteiger partial charge on any atom is 0.337 e. The van der Waals surface area contributed by atoms with Gasteiger partial charge in [0.2, 0.25) is 0 Å². The molecule has 0 bridgehead atoms. The summed E-state index contributed by atoms with van der Waals surface area (Å²) >= 11 is 0. The molecule has 134 valence electrons. The molecule has 6 heteroatoms. The molecule has 0 aliphatic carbocycles. The van der Waals surface area contributed by atoms with Crippen LogP contribution < -0.4 is 15.4 Å². The minimum absolute atomic E-state index is 0.365. The van der Waals surface area contributed by atoms with E-state index in [0.29, 0.717) is 23.6 Å². The van der Waals surface area contributed by atoms with Gasteiger partial charge in [0.05, 0.1) is 18.7 Å². The van der Waals surface area contributed by atoms with Gasteiger partial charge >= 0.3 is 12.0 Å². The lowest BCUT2D eigenvalue weighted by Gasteiger charge is -2.28. The quantitative estimate of drug-likeness (QED) is 0.811. The van der Waals surface area contributed by atoms with Gasteiger partial charge in [0, 0.05) is 5.70 Å². The standard InChI is InChI=1S/C20H20N2O4/c1-13-17(19(23)25-2)18(22-20(24)21-13)15-9-6-10-16(11-15)26-12-14-7-4-3-5-8-14/h3-11,18H,12H2,1-2H3,(H2,21,22,24)/t18-/m1/s1. The SMILES string of the molecule is COC(=O)C1=C(C)NC(=O)N[C@@H]1c1cccc(OCc2ccccc2)c1. The molecule has 6 nitrogen and oxygen atoms in total. The summed E-state index contributed by atoms with van der Waals surface area (Å²) in [5.74, 6) is 0.164. The number of benzene rings is 2. The number of nitrogens with one attached hydrogen (secondary N) is 2. The molecule has 26 heavy (non-hydrogen) atoms. The molecule has 0 fully saturated rings. The number of carbonyl (C=O) groups excluding carboxylic acids is 2. The number of hydrogen-bond acceptors (Lipinski definition) is 4. The molecule has 2 aromatic rings. The molecule has 2 aromatic carbocycles. The molecule has 1 atom stereocenters. The number of amides is 2. The van der Waals surface area contributed by atoms with Gasteiger partial charge in [-0.2, -0.15) is 0 Å². The maximum absolute atomic E-state index is 12.2. The Bertz CT molecular complexity index is 846. The summed E-state index contributed by atoms with van der Waals surface area (Å²) in [7, 11) is 1.31. The topological polar surface area (TPSA) is 76.7 Å². The average molecular weight is 352 g/mol. The van der Waals surface area contributed by atoms with E-state index >= 15 is 0 Å². The molecule has 1 heterocycles. The van der Waals surface area contributed by atoms with Crippen LogP contribution in [0.3, 0.4) is 0 Å². The van der Waals surface area contributed by atoms with Crippen molar-refractivity contribution >= 4 is 12.0 Å². The van der Waals surface area contributed by atoms with Gasteiger partial charge in [0.25, 0.3) is 0 Å². The highest BCUT2D eigenvalue weighted by Gasteiger charge is 2.31. The Morgan fingerprint density at radius 3 is 2.62 bits per heavy atom. The number of esters is 1. The van der Waals surface area contributed by atoms with Crippen LogP contribution in [0, 0.1) is 0 Å². The van der Waals surface area contributed by atoms with E-state index in [1.165, 1.54) is 7.11 Å². The van der Waals surface area contributed by atoms with E-state index in [1.807, 2.05) is 54.6 Å². The van der Waals surface area contributed by atoms with E-state index in [2.05, 4.69) is 10.6 Å². The molecular formula is C20H20N2O4. The Labute approximate surface area is 151 Å². The Morgan fingerprint density at radius 2 is 1.88 bits per heavy atom. The molecule has 0 spiro atoms. The first-order chi connectivity index (χ1) is 12.6. The van der Waals surface area contributed by atoms with Gasteiger partial charge < -0.3 is 20.1 Å². The molecule has 2 amide bonds. The van der Waals surface area contributed by atoms with E-state index in [-0.39, 0.29) is 6.03 Å². The van der Waals surface area contributed by atoms with E-state index in [1.54, 1.807) is 6.92 Å². The Morgan fingerprint density at radius 1 is 1.12 bits per heavy atom. The first-order valence-corrected chi connectivity index (χ1v) is 8.22. The molecular weight excluding hydrogens is 332 g/mol. The third kappa shape index (κ3) is 3.85. The van der Waals surface area contributed by atoms with Crippen LogP contribution in [0.15, 0.2) is 65.9 Å². The van der Waals surface area contributed by atoms with Crippen LogP contribution in [0.5, 0.6) is 5.75 Å². The molecule has 0 unspecified atom stereocenters. The normalized spacial score (nSPS) is 16.5. The van der Waals surface area contributed by atoms with Crippen molar-refractivity contribution in [2.75, 3.05) is 7.11 Å². The van der Waals surface area contributed by atoms with Gasteiger partial charge in [-0.15, -0.1) is 0 Å². The van der Waals surface area contributed by atoms with Gasteiger partial charge in [-0.25, -0.2) is 9.59 Å². The van der Waals surface area contributed by atoms with Gasteiger partial charge in [0.15, 0.2) is 0 Å². The smallest absolute Gasteiger partial charge is 0.337 e. The molecule has 0 saturated carbocycles. The summed E-state index contributed by atoms with van der Waals surface area (Å²) in [6.45, 7) is 2.11. The molecule has 0 aromatic heterocycles. The molecule has 1 aliphatic heterocycles. The summed E-state index contributed by atoms with van der Waals surface area (Å²) in [6, 6.07) is 16.2. The lowest BCUT2D eigenvalue weighted by Crippen LogP contribution is -2.45. The van der Waals surface area contributed by atoms with Crippen LogP contribution in [0.4, 0.5) is 4.79 Å². The molecule has 0 radical (unpaired) electrons. The molecule has 0 saturated heterocycles. The predicted octanol–water partition coefficient (Wildman–Crippen LogP) is 3.07. The molecule has 1 aliphatic rings. The van der Waals surface area contributed by atoms with Crippen molar-refractivity contribution in [1.29, 1.82) is 0 Å². The van der Waals surface area contributed by atoms with E-state index in [0.717, 1.165) is 11.1 Å². The second-order valence-electron chi connectivity index (χ2n) is 5.91. The highest BCUT2D eigenvalue weighted by molar-refractivity contribution is 5.94. The van der Waals surface area contributed by atoms with E-state index < -0.39 is 12.0 Å². The third-order valence-electron chi connectivity index (χ3n) is 4.11. The number of carbonyl (C=O) groups is 2. The lowest BCUT2D eigenvalue weighted by atomic mass is 9.95. The summed E-state index contributed by atoms with van der Waals surface area (Å²) < 4.78 is 10.7. The van der Waals surface area contributed by atoms with E-state index in [4.69, 9.17) is 9.47 Å². The Kier molecular flexibility index (Phi) is 5.22. The minimum atomic E-state index is -0.600. The lowest BCUT2D eigenvalue weighted by molar-refractivity contribution is -0.136. The minimum Gasteiger partial charge on any atom is -0.489 e. The van der Waals surface area contributed by atoms with Crippen molar-refractivity contribution in [3.05, 3.63) is 77.0 Å². The zero-order valence-electron chi connectivity index (χ0n) is 14.6. The van der Waals surface area contributed by atoms with Crippen molar-refractivity contribution in [3.8, 4) is 5.75 Å². The highest BCUT2D eigenvalue weighted by Crippen LogP contribution is 2.29. The summed E-state index contributed by atoms with van der Waals surface area (Å²) in [6.07, 6.45) is 0. The summed E-state index contributed by atoms with van der Waals surface area (Å²) in [4.78, 5) is 24.0. The van der Waals surface area contributed by atoms with Crippen molar-refractivity contribution in [2.45, 2.75) is 19.6 Å². The zero-order chi connectivity index (χ0) is 18.5. The number of methoxy groups -OCH3 is 1. The van der Waals surface area contributed by atoms with Crippen LogP contribution in [-0.4, -0.2) is 19.1 Å². The van der Waals surface area contributed by atoms with Gasteiger partial charge in [-0.05, 0) is 30.2 Å². The van der Waals surface area contributed by atoms with Crippen LogP contribution in [0.1, 0.15) is 24.1 Å². The van der Waals surface area contributed by atoms with Gasteiger partial charge in [-0.3, -0.25) is 0 Å². The Balaban J connectivity index is 1.85. The maximum atomic E-state index is 12.2. The Hall–Kier alpha value is -3.28. The first-order valence-electron chi connectivity index (χ1n) is 8.22. The molecule has 3 rings (SSSR count). The summed E-state index contributed by atoms with van der Waals surface area (Å²) in [5.41, 5.74) is 2.64. The van der Waals surface area contributed by atoms with Gasteiger partial charge in [0.1, 0.15) is 12.4 Å². The third-order valence-corrected chi connectivity index (χ3v) is 4.11. The van der Waals surface area contributed by atoms with E-state index in [9.17, 15) is 9.59 Å². The number of rotatable bonds is 5. The zero-order valence-corrected chi connectivity index (χ0v) is 14.6. The number of urea groups is 1. The van der Waals surface area contributed by atoms with Crippen LogP contribution in [0.25, 0.3) is 0 Å². The molecule has 2 N–H and O–H groups in total. The van der Waals surface area contributed by atoms with Crippen LogP contribution in [0.2, 0.25) is 0 Å². The van der Waals surface area contributed by atoms with Crippen molar-refractivity contribution < 1.29 is 19.1 Å². The van der Waals surface area contributed by atoms with Crippen LogP contribution >= 0.6 is 0 Å². The summed E-state index contributed by atoms with van der Waals surface area (Å²) in [5, 5.41) is 5.37. The second-order valence-corrected chi connectivity index (χ2v) is 5.91. The number of ether oxygens (including phenoxy) is 2. The van der Waals surface area contributed by atoms with Crippen molar-refractivity contribution in [1.82, 2.24) is 10.6 Å². The van der Waals surface area contributed by atoms with Gasteiger partial charge in [-0.1, -0.05) is 42.5 Å². The highest BCUT2D eigenvalue weighted by atomic mass is 16.5. The van der Waals surface area contributed by atoms with Crippen molar-refractivity contribution in [2.24, 2.45) is 0 Å². The number of allylic oxidation sites excluding steroid dienone is 1. The van der Waals surface area contributed by atoms with Crippen LogP contribution in [-0.2, 0) is 16.1 Å². The predicted molar refractivity (Wildman–Crippen MR) is 96.3 cm³/mol. The fourth-order valence-corrected chi connectivity index (χ4v) is 2.85. The first kappa shape index (κ1) is 17.5. The monoisotopic (exact) mass is 352 g/mol. The fourth-order valence-electron chi connectivity index (χ4n) is 2.85. The fraction of sp³-hybridized carbons (Fsp3) is 0.200. The second kappa shape index (κ2) is 7.74. The largest absolute Gasteiger partial charge is 0.489 e. The average Bonchev–Trinajstić information content (AvgIpc) is 2.66.